The molecular formula is C10H7NO5. The summed E-state index contributed by atoms with van der Waals surface area (Å²) in [7, 11) is 0. The molecule has 2 rings (SSSR count). The average Bonchev–Trinajstić information content (AvgIpc) is 2.38. The SMILES string of the molecule is O=C1COc2cccc(C(=O)O)c2C(=O)N1. The summed E-state index contributed by atoms with van der Waals surface area (Å²) >= 11 is 0. The number of carboxylic acids is 1. The molecule has 1 heterocycles. The quantitative estimate of drug-likeness (QED) is 0.653. The standard InChI is InChI=1S/C10H7NO5/c12-7-4-16-6-3-1-2-5(10(14)15)8(6)9(13)11-7/h1-3H,4H2,(H,14,15)(H,11,12,13). The van der Waals surface area contributed by atoms with Gasteiger partial charge in [0.05, 0.1) is 11.1 Å². The molecule has 2 amide bonds. The molecule has 0 radical (unpaired) electrons. The van der Waals surface area contributed by atoms with Crippen LogP contribution < -0.4 is 10.1 Å². The fraction of sp³-hybridized carbons (Fsp3) is 0.100. The molecule has 0 spiro atoms. The second-order valence-corrected chi connectivity index (χ2v) is 3.15. The molecule has 1 aliphatic heterocycles. The van der Waals surface area contributed by atoms with Crippen LogP contribution in [0.3, 0.4) is 0 Å². The number of hydrogen-bond donors (Lipinski definition) is 2. The average molecular weight is 221 g/mol. The van der Waals surface area contributed by atoms with Crippen LogP contribution in [0.1, 0.15) is 20.7 Å². The van der Waals surface area contributed by atoms with Gasteiger partial charge in [0, 0.05) is 0 Å². The minimum Gasteiger partial charge on any atom is -0.483 e. The lowest BCUT2D eigenvalue weighted by Gasteiger charge is -2.06. The molecule has 6 nitrogen and oxygen atoms in total. The Bertz CT molecular complexity index is 494. The topological polar surface area (TPSA) is 92.7 Å². The molecule has 0 unspecified atom stereocenters. The first-order valence-electron chi connectivity index (χ1n) is 4.43. The Hall–Kier alpha value is -2.37. The van der Waals surface area contributed by atoms with Gasteiger partial charge in [0.25, 0.3) is 11.8 Å². The number of benzene rings is 1. The number of imide groups is 1. The number of hydrogen-bond acceptors (Lipinski definition) is 4. The Balaban J connectivity index is 2.60. The Morgan fingerprint density at radius 2 is 2.12 bits per heavy atom. The molecule has 2 N–H and O–H groups in total. The minimum atomic E-state index is -1.25. The van der Waals surface area contributed by atoms with Gasteiger partial charge in [0.1, 0.15) is 5.75 Å². The highest BCUT2D eigenvalue weighted by Crippen LogP contribution is 2.24. The van der Waals surface area contributed by atoms with Gasteiger partial charge >= 0.3 is 5.97 Å². The molecule has 1 aromatic carbocycles. The summed E-state index contributed by atoms with van der Waals surface area (Å²) in [5, 5.41) is 10.9. The van der Waals surface area contributed by atoms with Gasteiger partial charge < -0.3 is 9.84 Å². The highest BCUT2D eigenvalue weighted by atomic mass is 16.5. The molecule has 0 fully saturated rings. The van der Waals surface area contributed by atoms with Gasteiger partial charge in [-0.2, -0.15) is 0 Å². The third kappa shape index (κ3) is 1.60. The number of amides is 2. The molecule has 0 aliphatic carbocycles. The normalized spacial score (nSPS) is 14.5. The van der Waals surface area contributed by atoms with Gasteiger partial charge in [-0.25, -0.2) is 4.79 Å². The van der Waals surface area contributed by atoms with Gasteiger partial charge in [-0.05, 0) is 12.1 Å². The highest BCUT2D eigenvalue weighted by molar-refractivity contribution is 6.12. The fourth-order valence-electron chi connectivity index (χ4n) is 1.43. The maximum atomic E-state index is 11.6. The van der Waals surface area contributed by atoms with Crippen LogP contribution in [0, 0.1) is 0 Å². The summed E-state index contributed by atoms with van der Waals surface area (Å²) in [6, 6.07) is 4.17. The molecule has 0 bridgehead atoms. The van der Waals surface area contributed by atoms with Crippen LogP contribution >= 0.6 is 0 Å². The maximum absolute atomic E-state index is 11.6. The van der Waals surface area contributed by atoms with Crippen molar-refractivity contribution < 1.29 is 24.2 Å². The Morgan fingerprint density at radius 3 is 2.81 bits per heavy atom. The van der Waals surface area contributed by atoms with E-state index in [2.05, 4.69) is 0 Å². The first-order chi connectivity index (χ1) is 7.59. The van der Waals surface area contributed by atoms with Crippen molar-refractivity contribution in [1.82, 2.24) is 5.32 Å². The number of carbonyl (C=O) groups excluding carboxylic acids is 2. The number of aromatic carboxylic acids is 1. The van der Waals surface area contributed by atoms with Crippen molar-refractivity contribution in [3.8, 4) is 5.75 Å². The number of carbonyl (C=O) groups is 3. The summed E-state index contributed by atoms with van der Waals surface area (Å²) in [4.78, 5) is 33.5. The molecule has 1 aliphatic rings. The van der Waals surface area contributed by atoms with Crippen molar-refractivity contribution in [1.29, 1.82) is 0 Å². The third-order valence-electron chi connectivity index (χ3n) is 2.10. The first-order valence-corrected chi connectivity index (χ1v) is 4.43. The number of carboxylic acid groups (broad SMARTS) is 1. The van der Waals surface area contributed by atoms with E-state index >= 15 is 0 Å². The Morgan fingerprint density at radius 1 is 1.38 bits per heavy atom. The van der Waals surface area contributed by atoms with E-state index in [0.29, 0.717) is 0 Å². The number of ether oxygens (including phenoxy) is 1. The fourth-order valence-corrected chi connectivity index (χ4v) is 1.43. The lowest BCUT2D eigenvalue weighted by atomic mass is 10.1. The van der Waals surface area contributed by atoms with Crippen molar-refractivity contribution in [3.63, 3.8) is 0 Å². The van der Waals surface area contributed by atoms with Crippen molar-refractivity contribution in [2.75, 3.05) is 6.61 Å². The second-order valence-electron chi connectivity index (χ2n) is 3.15. The summed E-state index contributed by atoms with van der Waals surface area (Å²) in [5.74, 6) is -2.50. The highest BCUT2D eigenvalue weighted by Gasteiger charge is 2.26. The summed E-state index contributed by atoms with van der Waals surface area (Å²) < 4.78 is 5.03. The predicted octanol–water partition coefficient (Wildman–Crippen LogP) is 0.0336. The van der Waals surface area contributed by atoms with E-state index in [9.17, 15) is 14.4 Å². The van der Waals surface area contributed by atoms with Crippen LogP contribution in [0.4, 0.5) is 0 Å². The molecule has 6 heteroatoms. The molecule has 0 saturated carbocycles. The lowest BCUT2D eigenvalue weighted by molar-refractivity contribution is -0.121. The zero-order valence-corrected chi connectivity index (χ0v) is 8.02. The second kappa shape index (κ2) is 3.65. The number of fused-ring (bicyclic) bond motifs is 1. The van der Waals surface area contributed by atoms with Crippen LogP contribution in [0.15, 0.2) is 18.2 Å². The summed E-state index contributed by atoms with van der Waals surface area (Å²) in [6.45, 7) is -0.304. The third-order valence-corrected chi connectivity index (χ3v) is 2.10. The van der Waals surface area contributed by atoms with Crippen molar-refractivity contribution in [2.24, 2.45) is 0 Å². The Labute approximate surface area is 89.8 Å². The molecule has 16 heavy (non-hydrogen) atoms. The summed E-state index contributed by atoms with van der Waals surface area (Å²) in [5.41, 5.74) is -0.314. The molecular weight excluding hydrogens is 214 g/mol. The van der Waals surface area contributed by atoms with Crippen LogP contribution in [0.5, 0.6) is 5.75 Å². The van der Waals surface area contributed by atoms with Crippen LogP contribution in [-0.2, 0) is 4.79 Å². The van der Waals surface area contributed by atoms with Crippen molar-refractivity contribution >= 4 is 17.8 Å². The van der Waals surface area contributed by atoms with Gasteiger partial charge in [-0.1, -0.05) is 6.07 Å². The largest absolute Gasteiger partial charge is 0.483 e. The molecule has 0 aromatic heterocycles. The maximum Gasteiger partial charge on any atom is 0.336 e. The van der Waals surface area contributed by atoms with E-state index in [4.69, 9.17) is 9.84 Å². The van der Waals surface area contributed by atoms with Crippen LogP contribution in [-0.4, -0.2) is 29.5 Å². The monoisotopic (exact) mass is 221 g/mol. The minimum absolute atomic E-state index is 0.100. The van der Waals surface area contributed by atoms with Crippen molar-refractivity contribution in [3.05, 3.63) is 29.3 Å². The predicted molar refractivity (Wildman–Crippen MR) is 51.4 cm³/mol. The zero-order chi connectivity index (χ0) is 11.7. The van der Waals surface area contributed by atoms with Gasteiger partial charge in [0.2, 0.25) is 0 Å². The van der Waals surface area contributed by atoms with E-state index < -0.39 is 17.8 Å². The number of rotatable bonds is 1. The van der Waals surface area contributed by atoms with Crippen LogP contribution in [0.25, 0.3) is 0 Å². The smallest absolute Gasteiger partial charge is 0.336 e. The van der Waals surface area contributed by atoms with E-state index in [0.717, 1.165) is 0 Å². The van der Waals surface area contributed by atoms with Gasteiger partial charge in [0.15, 0.2) is 6.61 Å². The van der Waals surface area contributed by atoms with Crippen LogP contribution in [0.2, 0.25) is 0 Å². The van der Waals surface area contributed by atoms with E-state index in [1.54, 1.807) is 0 Å². The van der Waals surface area contributed by atoms with Gasteiger partial charge in [-0.3, -0.25) is 14.9 Å². The zero-order valence-electron chi connectivity index (χ0n) is 8.02. The van der Waals surface area contributed by atoms with Crippen molar-refractivity contribution in [2.45, 2.75) is 0 Å². The summed E-state index contributed by atoms with van der Waals surface area (Å²) in [6.07, 6.45) is 0. The Kier molecular flexibility index (Phi) is 2.32. The number of nitrogens with one attached hydrogen (secondary N) is 1. The first kappa shape index (κ1) is 10.2. The molecule has 0 saturated heterocycles. The van der Waals surface area contributed by atoms with E-state index in [1.165, 1.54) is 18.2 Å². The molecule has 1 aromatic rings. The molecule has 0 atom stereocenters. The lowest BCUT2D eigenvalue weighted by Crippen LogP contribution is -2.31. The van der Waals surface area contributed by atoms with Gasteiger partial charge in [-0.15, -0.1) is 0 Å². The van der Waals surface area contributed by atoms with E-state index in [1.807, 2.05) is 5.32 Å². The molecule has 82 valence electrons. The van der Waals surface area contributed by atoms with E-state index in [-0.39, 0.29) is 23.5 Å².